The minimum Gasteiger partial charge on any atom is -0.493 e. The van der Waals surface area contributed by atoms with Gasteiger partial charge in [-0.3, -0.25) is 0 Å². The van der Waals surface area contributed by atoms with Gasteiger partial charge in [0.15, 0.2) is 0 Å². The van der Waals surface area contributed by atoms with Crippen molar-refractivity contribution in [3.05, 3.63) is 29.3 Å². The van der Waals surface area contributed by atoms with Crippen molar-refractivity contribution < 1.29 is 9.47 Å². The molecular weight excluding hydrogens is 250 g/mol. The molecule has 0 spiro atoms. The van der Waals surface area contributed by atoms with Gasteiger partial charge in [0.2, 0.25) is 0 Å². The highest BCUT2D eigenvalue weighted by atomic mass is 16.5. The zero-order chi connectivity index (χ0) is 13.8. The van der Waals surface area contributed by atoms with Gasteiger partial charge in [-0.05, 0) is 44.2 Å². The average Bonchev–Trinajstić information content (AvgIpc) is 3.02. The maximum atomic E-state index is 5.98. The number of benzene rings is 1. The summed E-state index contributed by atoms with van der Waals surface area (Å²) in [5, 5.41) is 3.67. The van der Waals surface area contributed by atoms with Crippen LogP contribution in [-0.4, -0.2) is 25.9 Å². The van der Waals surface area contributed by atoms with Crippen molar-refractivity contribution in [3.8, 4) is 5.75 Å². The number of hydrogen-bond donors (Lipinski definition) is 1. The molecule has 0 amide bonds. The Balaban J connectivity index is 1.89. The maximum Gasteiger partial charge on any atom is 0.127 e. The van der Waals surface area contributed by atoms with Gasteiger partial charge in [-0.25, -0.2) is 0 Å². The highest BCUT2D eigenvalue weighted by molar-refractivity contribution is 5.45. The molecule has 3 nitrogen and oxygen atoms in total. The second-order valence-corrected chi connectivity index (χ2v) is 5.77. The predicted molar refractivity (Wildman–Crippen MR) is 80.3 cm³/mol. The molecule has 1 saturated heterocycles. The molecule has 3 rings (SSSR count). The first-order valence-electron chi connectivity index (χ1n) is 7.99. The molecule has 2 unspecified atom stereocenters. The molecule has 110 valence electrons. The number of aryl methyl sites for hydroxylation is 1. The van der Waals surface area contributed by atoms with Crippen LogP contribution in [0.15, 0.2) is 18.2 Å². The smallest absolute Gasteiger partial charge is 0.127 e. The lowest BCUT2D eigenvalue weighted by Crippen LogP contribution is -2.33. The molecule has 0 aromatic heterocycles. The minimum absolute atomic E-state index is 0.269. The van der Waals surface area contributed by atoms with Crippen molar-refractivity contribution in [2.24, 2.45) is 0 Å². The predicted octanol–water partition coefficient (Wildman–Crippen LogP) is 3.23. The van der Waals surface area contributed by atoms with Gasteiger partial charge < -0.3 is 14.8 Å². The van der Waals surface area contributed by atoms with E-state index in [9.17, 15) is 0 Å². The molecule has 1 aromatic carbocycles. The first-order valence-corrected chi connectivity index (χ1v) is 7.99. The van der Waals surface area contributed by atoms with Crippen LogP contribution in [0.1, 0.15) is 49.8 Å². The minimum atomic E-state index is 0.269. The summed E-state index contributed by atoms with van der Waals surface area (Å²) < 4.78 is 11.9. The summed E-state index contributed by atoms with van der Waals surface area (Å²) in [4.78, 5) is 0. The van der Waals surface area contributed by atoms with Gasteiger partial charge in [-0.15, -0.1) is 0 Å². The maximum absolute atomic E-state index is 5.98. The Morgan fingerprint density at radius 2 is 2.25 bits per heavy atom. The fraction of sp³-hybridized carbons (Fsp3) is 0.647. The van der Waals surface area contributed by atoms with Crippen molar-refractivity contribution in [1.82, 2.24) is 5.32 Å². The van der Waals surface area contributed by atoms with Crippen LogP contribution in [0.25, 0.3) is 0 Å². The van der Waals surface area contributed by atoms with Gasteiger partial charge in [0, 0.05) is 12.2 Å². The zero-order valence-corrected chi connectivity index (χ0v) is 12.4. The van der Waals surface area contributed by atoms with Crippen molar-refractivity contribution in [1.29, 1.82) is 0 Å². The molecule has 0 bridgehead atoms. The molecule has 0 saturated carbocycles. The number of para-hydroxylation sites is 1. The third kappa shape index (κ3) is 2.84. The van der Waals surface area contributed by atoms with Crippen LogP contribution < -0.4 is 10.1 Å². The topological polar surface area (TPSA) is 30.5 Å². The van der Waals surface area contributed by atoms with Crippen molar-refractivity contribution in [3.63, 3.8) is 0 Å². The summed E-state index contributed by atoms with van der Waals surface area (Å²) in [6.45, 7) is 4.96. The van der Waals surface area contributed by atoms with Crippen LogP contribution in [0, 0.1) is 0 Å². The number of ether oxygens (including phenoxy) is 2. The number of rotatable bonds is 5. The Labute approximate surface area is 121 Å². The summed E-state index contributed by atoms with van der Waals surface area (Å²) in [6.07, 6.45) is 6.01. The largest absolute Gasteiger partial charge is 0.493 e. The highest BCUT2D eigenvalue weighted by Gasteiger charge is 2.30. The summed E-state index contributed by atoms with van der Waals surface area (Å²) >= 11 is 0. The molecule has 2 aliphatic heterocycles. The molecule has 3 heteroatoms. The molecular formula is C17H25NO2. The first-order chi connectivity index (χ1) is 9.90. The van der Waals surface area contributed by atoms with Crippen LogP contribution in [0.3, 0.4) is 0 Å². The van der Waals surface area contributed by atoms with Crippen LogP contribution in [0.2, 0.25) is 0 Å². The van der Waals surface area contributed by atoms with Crippen LogP contribution in [0.5, 0.6) is 5.75 Å². The van der Waals surface area contributed by atoms with Gasteiger partial charge in [0.25, 0.3) is 0 Å². The molecule has 1 aromatic rings. The van der Waals surface area contributed by atoms with Gasteiger partial charge in [-0.2, -0.15) is 0 Å². The second-order valence-electron chi connectivity index (χ2n) is 5.77. The molecule has 1 fully saturated rings. The van der Waals surface area contributed by atoms with E-state index in [0.717, 1.165) is 51.2 Å². The van der Waals surface area contributed by atoms with Gasteiger partial charge in [0.05, 0.1) is 18.8 Å². The van der Waals surface area contributed by atoms with E-state index in [2.05, 4.69) is 30.4 Å². The van der Waals surface area contributed by atoms with E-state index < -0.39 is 0 Å². The summed E-state index contributed by atoms with van der Waals surface area (Å²) in [5.41, 5.74) is 2.65. The normalized spacial score (nSPS) is 23.1. The van der Waals surface area contributed by atoms with E-state index >= 15 is 0 Å². The lowest BCUT2D eigenvalue weighted by Gasteiger charge is -2.29. The van der Waals surface area contributed by atoms with Gasteiger partial charge in [0.1, 0.15) is 5.75 Å². The fourth-order valence-electron chi connectivity index (χ4n) is 3.27. The Morgan fingerprint density at radius 3 is 3.05 bits per heavy atom. The Bertz CT molecular complexity index is 441. The average molecular weight is 275 g/mol. The molecule has 20 heavy (non-hydrogen) atoms. The summed E-state index contributed by atoms with van der Waals surface area (Å²) in [5.74, 6) is 1.11. The molecule has 2 atom stereocenters. The van der Waals surface area contributed by atoms with Crippen LogP contribution in [0.4, 0.5) is 0 Å². The second kappa shape index (κ2) is 6.59. The van der Waals surface area contributed by atoms with E-state index in [1.165, 1.54) is 17.5 Å². The van der Waals surface area contributed by atoms with E-state index in [1.54, 1.807) is 0 Å². The number of fused-ring (bicyclic) bond motifs is 1. The van der Waals surface area contributed by atoms with Gasteiger partial charge >= 0.3 is 0 Å². The van der Waals surface area contributed by atoms with Gasteiger partial charge in [-0.1, -0.05) is 25.1 Å². The SMILES string of the molecule is CCCNC(c1cccc2c1OCCC2)C1CCCO1. The number of nitrogens with one attached hydrogen (secondary N) is 1. The van der Waals surface area contributed by atoms with Crippen molar-refractivity contribution in [2.75, 3.05) is 19.8 Å². The Kier molecular flexibility index (Phi) is 4.58. The molecule has 2 aliphatic rings. The molecule has 0 radical (unpaired) electrons. The Hall–Kier alpha value is -1.06. The zero-order valence-electron chi connectivity index (χ0n) is 12.4. The summed E-state index contributed by atoms with van der Waals surface area (Å²) in [6, 6.07) is 6.84. The summed E-state index contributed by atoms with van der Waals surface area (Å²) in [7, 11) is 0. The van der Waals surface area contributed by atoms with E-state index in [-0.39, 0.29) is 6.04 Å². The first kappa shape index (κ1) is 13.9. The lowest BCUT2D eigenvalue weighted by molar-refractivity contribution is 0.0769. The quantitative estimate of drug-likeness (QED) is 0.895. The van der Waals surface area contributed by atoms with E-state index in [1.807, 2.05) is 0 Å². The van der Waals surface area contributed by atoms with Crippen LogP contribution in [-0.2, 0) is 11.2 Å². The fourth-order valence-corrected chi connectivity index (χ4v) is 3.27. The van der Waals surface area contributed by atoms with E-state index in [4.69, 9.17) is 9.47 Å². The van der Waals surface area contributed by atoms with Crippen LogP contribution >= 0.6 is 0 Å². The Morgan fingerprint density at radius 1 is 1.30 bits per heavy atom. The third-order valence-electron chi connectivity index (χ3n) is 4.25. The van der Waals surface area contributed by atoms with Crippen molar-refractivity contribution >= 4 is 0 Å². The molecule has 0 aliphatic carbocycles. The number of hydrogen-bond acceptors (Lipinski definition) is 3. The monoisotopic (exact) mass is 275 g/mol. The highest BCUT2D eigenvalue weighted by Crippen LogP contribution is 2.37. The standard InChI is InChI=1S/C17H25NO2/c1-2-10-18-16(15-9-5-11-19-15)14-8-3-6-13-7-4-12-20-17(13)14/h3,6,8,15-16,18H,2,4-5,7,9-12H2,1H3. The lowest BCUT2D eigenvalue weighted by atomic mass is 9.94. The third-order valence-corrected chi connectivity index (χ3v) is 4.25. The molecule has 1 N–H and O–H groups in total. The molecule has 2 heterocycles. The van der Waals surface area contributed by atoms with Crippen molar-refractivity contribution in [2.45, 2.75) is 51.2 Å². The van der Waals surface area contributed by atoms with E-state index in [0.29, 0.717) is 6.10 Å².